The van der Waals surface area contributed by atoms with E-state index in [9.17, 15) is 13.2 Å². The Balaban J connectivity index is 1.96. The summed E-state index contributed by atoms with van der Waals surface area (Å²) in [6.45, 7) is 0. The molecule has 1 aliphatic rings. The molecule has 0 spiro atoms. The lowest BCUT2D eigenvalue weighted by Crippen LogP contribution is -2.40. The molecule has 0 aliphatic carbocycles. The fraction of sp³-hybridized carbons (Fsp3) is 0.167. The maximum absolute atomic E-state index is 13.1. The highest BCUT2D eigenvalue weighted by molar-refractivity contribution is 7.90. The van der Waals surface area contributed by atoms with Crippen LogP contribution in [-0.2, 0) is 33.9 Å². The molecule has 0 fully saturated rings. The molecule has 0 unspecified atom stereocenters. The number of nitrogens with two attached hydrogens (primary N) is 1. The lowest BCUT2D eigenvalue weighted by Gasteiger charge is -2.26. The molecule has 1 aliphatic heterocycles. The molecule has 148 valence electrons. The van der Waals surface area contributed by atoms with E-state index in [-0.39, 0.29) is 0 Å². The van der Waals surface area contributed by atoms with Gasteiger partial charge in [0.25, 0.3) is 0 Å². The number of para-hydroxylation sites is 1. The number of rotatable bonds is 6. The van der Waals surface area contributed by atoms with Crippen LogP contribution >= 0.6 is 0 Å². The molecule has 0 bridgehead atoms. The molecule has 0 amide bonds. The van der Waals surface area contributed by atoms with Gasteiger partial charge in [0.05, 0.1) is 11.7 Å². The Kier molecular flexibility index (Phi) is 5.21. The monoisotopic (exact) mass is 411 g/mol. The zero-order valence-corrected chi connectivity index (χ0v) is 17.4. The number of ketones is 1. The number of carbonyl (C=O) groups is 1. The predicted octanol–water partition coefficient (Wildman–Crippen LogP) is -1.37. The molecule has 2 aromatic rings. The first-order valence-electron chi connectivity index (χ1n) is 8.91. The topological polar surface area (TPSA) is 105 Å². The largest absolute Gasteiger partial charge is 0.496 e. The van der Waals surface area contributed by atoms with Gasteiger partial charge >= 0.3 is 10.1 Å². The van der Waals surface area contributed by atoms with Gasteiger partial charge in [0.1, 0.15) is 21.4 Å². The molecule has 11 heteroatoms. The Bertz CT molecular complexity index is 1090. The third kappa shape index (κ3) is 3.39. The molecular formula is C18H20B3NO6S. The number of ether oxygens (including phenoxy) is 2. The maximum atomic E-state index is 13.1. The third-order valence-corrected chi connectivity index (χ3v) is 6.96. The first-order chi connectivity index (χ1) is 13.5. The van der Waals surface area contributed by atoms with Gasteiger partial charge in [-0.2, -0.15) is 8.42 Å². The fourth-order valence-corrected chi connectivity index (χ4v) is 4.14. The van der Waals surface area contributed by atoms with E-state index >= 15 is 0 Å². The molecule has 0 radical (unpaired) electrons. The molecule has 3 rings (SSSR count). The fourth-order valence-electron chi connectivity index (χ4n) is 3.13. The van der Waals surface area contributed by atoms with Crippen LogP contribution in [0.2, 0.25) is 0 Å². The molecule has 1 atom stereocenters. The van der Waals surface area contributed by atoms with Crippen molar-refractivity contribution in [1.29, 1.82) is 0 Å². The van der Waals surface area contributed by atoms with Crippen molar-refractivity contribution in [3.05, 3.63) is 77.4 Å². The van der Waals surface area contributed by atoms with Crippen LogP contribution in [0.4, 0.5) is 0 Å². The highest BCUT2D eigenvalue weighted by atomic mass is 32.2. The van der Waals surface area contributed by atoms with Crippen molar-refractivity contribution in [3.63, 3.8) is 0 Å². The number of benzene rings is 2. The summed E-state index contributed by atoms with van der Waals surface area (Å²) in [5, 5.41) is 0. The lowest BCUT2D eigenvalue weighted by molar-refractivity contribution is -0.126. The quantitative estimate of drug-likeness (QED) is 0.462. The van der Waals surface area contributed by atoms with Crippen molar-refractivity contribution in [1.82, 2.24) is 0 Å². The average Bonchev–Trinajstić information content (AvgIpc) is 2.92. The van der Waals surface area contributed by atoms with Gasteiger partial charge in [0, 0.05) is 5.56 Å². The smallest absolute Gasteiger partial charge is 0.304 e. The standard InChI is InChI=1S/C18H20B3NO6S/c1-26-13-10-6-5-9-12(13)17(19)15(23)14(16(22)27-17)28-29(24,25)18(20,21)11-7-3-2-4-8-11/h2-10H,19-22H2,1H3/t17-/m1/s1. The average molecular weight is 411 g/mol. The van der Waals surface area contributed by atoms with Crippen LogP contribution in [0.1, 0.15) is 11.1 Å². The van der Waals surface area contributed by atoms with Crippen molar-refractivity contribution in [2.24, 2.45) is 5.73 Å². The van der Waals surface area contributed by atoms with Gasteiger partial charge in [-0.1, -0.05) is 48.5 Å². The Labute approximate surface area is 172 Å². The van der Waals surface area contributed by atoms with Crippen LogP contribution in [-0.4, -0.2) is 44.8 Å². The number of hydrogen-bond acceptors (Lipinski definition) is 7. The highest BCUT2D eigenvalue weighted by Gasteiger charge is 2.51. The molecule has 29 heavy (non-hydrogen) atoms. The van der Waals surface area contributed by atoms with Crippen LogP contribution in [0.15, 0.2) is 66.2 Å². The molecule has 0 aromatic heterocycles. The van der Waals surface area contributed by atoms with Crippen LogP contribution in [0.25, 0.3) is 0 Å². The Morgan fingerprint density at radius 3 is 2.28 bits per heavy atom. The van der Waals surface area contributed by atoms with Gasteiger partial charge in [0.15, 0.2) is 13.3 Å². The Morgan fingerprint density at radius 2 is 1.66 bits per heavy atom. The molecular weight excluding hydrogens is 391 g/mol. The summed E-state index contributed by atoms with van der Waals surface area (Å²) in [6, 6.07) is 15.3. The summed E-state index contributed by atoms with van der Waals surface area (Å²) in [4.78, 5) is 13.1. The summed E-state index contributed by atoms with van der Waals surface area (Å²) in [5.41, 5.74) is 5.22. The SMILES string of the molecule is BC(B)(c1ccccc1)S(=O)(=O)OC1=C(N)O[C@](B)(c2ccccc2OC)C1=O. The summed E-state index contributed by atoms with van der Waals surface area (Å²) in [7, 11) is 1.66. The van der Waals surface area contributed by atoms with Crippen LogP contribution in [0.3, 0.4) is 0 Å². The number of hydrogen-bond donors (Lipinski definition) is 1. The van der Waals surface area contributed by atoms with Crippen LogP contribution in [0, 0.1) is 0 Å². The summed E-state index contributed by atoms with van der Waals surface area (Å²) < 4.78 is 40.8. The zero-order valence-electron chi connectivity index (χ0n) is 16.6. The molecule has 0 saturated carbocycles. The van der Waals surface area contributed by atoms with E-state index in [1.54, 1.807) is 54.6 Å². The lowest BCUT2D eigenvalue weighted by atomic mass is 9.65. The normalized spacial score (nSPS) is 19.7. The van der Waals surface area contributed by atoms with E-state index in [1.165, 1.54) is 30.6 Å². The van der Waals surface area contributed by atoms with Gasteiger partial charge in [-0.3, -0.25) is 4.79 Å². The molecule has 1 heterocycles. The minimum atomic E-state index is -4.28. The van der Waals surface area contributed by atoms with E-state index < -0.39 is 37.6 Å². The minimum absolute atomic E-state index is 0.393. The van der Waals surface area contributed by atoms with Crippen molar-refractivity contribution in [3.8, 4) is 5.75 Å². The van der Waals surface area contributed by atoms with E-state index in [0.29, 0.717) is 16.9 Å². The van der Waals surface area contributed by atoms with Gasteiger partial charge in [-0.05, 0) is 11.6 Å². The van der Waals surface area contributed by atoms with Gasteiger partial charge in [-0.25, -0.2) is 0 Å². The van der Waals surface area contributed by atoms with Gasteiger partial charge < -0.3 is 19.4 Å². The van der Waals surface area contributed by atoms with E-state index in [1.807, 2.05) is 0 Å². The molecule has 2 aromatic carbocycles. The second-order valence-corrected chi connectivity index (χ2v) is 9.37. The van der Waals surface area contributed by atoms with E-state index in [2.05, 4.69) is 0 Å². The van der Waals surface area contributed by atoms with Crippen molar-refractivity contribution < 1.29 is 26.9 Å². The van der Waals surface area contributed by atoms with Crippen molar-refractivity contribution in [2.45, 2.75) is 10.0 Å². The van der Waals surface area contributed by atoms with Gasteiger partial charge in [-0.15, -0.1) is 0 Å². The summed E-state index contributed by atoms with van der Waals surface area (Å²) in [5.74, 6) is -1.23. The first kappa shape index (κ1) is 20.9. The van der Waals surface area contributed by atoms with Gasteiger partial charge in [0.2, 0.25) is 17.4 Å². The van der Waals surface area contributed by atoms with Crippen molar-refractivity contribution >= 4 is 39.4 Å². The second kappa shape index (κ2) is 7.22. The first-order valence-corrected chi connectivity index (χ1v) is 10.3. The summed E-state index contributed by atoms with van der Waals surface area (Å²) >= 11 is 0. The number of carbonyl (C=O) groups excluding carboxylic acids is 1. The minimum Gasteiger partial charge on any atom is -0.496 e. The Morgan fingerprint density at radius 1 is 1.07 bits per heavy atom. The zero-order chi connectivity index (χ0) is 21.4. The second-order valence-electron chi connectivity index (χ2n) is 7.27. The predicted molar refractivity (Wildman–Crippen MR) is 116 cm³/mol. The Hall–Kier alpha value is -2.81. The third-order valence-electron chi connectivity index (χ3n) is 5.09. The van der Waals surface area contributed by atoms with Crippen LogP contribution < -0.4 is 10.5 Å². The molecule has 2 N–H and O–H groups in total. The summed E-state index contributed by atoms with van der Waals surface area (Å²) in [6.07, 6.45) is 0. The number of Topliss-reactive ketones (excluding diaryl/α,β-unsaturated/α-hetero) is 1. The van der Waals surface area contributed by atoms with E-state index in [4.69, 9.17) is 19.4 Å². The van der Waals surface area contributed by atoms with E-state index in [0.717, 1.165) is 0 Å². The maximum Gasteiger partial charge on any atom is 0.304 e. The highest BCUT2D eigenvalue weighted by Crippen LogP contribution is 2.40. The number of methoxy groups -OCH3 is 1. The van der Waals surface area contributed by atoms with Crippen LogP contribution in [0.5, 0.6) is 5.75 Å². The molecule has 0 saturated heterocycles. The molecule has 7 nitrogen and oxygen atoms in total. The van der Waals surface area contributed by atoms with Crippen molar-refractivity contribution in [2.75, 3.05) is 7.11 Å².